The van der Waals surface area contributed by atoms with Crippen LogP contribution in [0.25, 0.3) is 98.8 Å². The van der Waals surface area contributed by atoms with Gasteiger partial charge in [0, 0.05) is 67.0 Å². The van der Waals surface area contributed by atoms with Crippen molar-refractivity contribution in [3.05, 3.63) is 302 Å². The topological polar surface area (TPSA) is 16.3 Å². The van der Waals surface area contributed by atoms with Gasteiger partial charge in [0.25, 0.3) is 0 Å². The molecule has 0 atom stereocenters. The molecule has 0 radical (unpaired) electrons. The third-order valence-electron chi connectivity index (χ3n) is 17.2. The number of hydrogen-bond acceptors (Lipinski definition) is 2. The van der Waals surface area contributed by atoms with E-state index in [1.54, 1.807) is 0 Å². The lowest BCUT2D eigenvalue weighted by Gasteiger charge is -2.28. The predicted molar refractivity (Wildman–Crippen MR) is 359 cm³/mol. The number of benzene rings is 13. The fourth-order valence-corrected chi connectivity index (χ4v) is 13.1. The Morgan fingerprint density at radius 1 is 0.238 bits per heavy atom. The van der Waals surface area contributed by atoms with Crippen molar-refractivity contribution in [2.45, 2.75) is 39.5 Å². The van der Waals surface area contributed by atoms with Gasteiger partial charge in [0.15, 0.2) is 0 Å². The van der Waals surface area contributed by atoms with Crippen molar-refractivity contribution >= 4 is 99.3 Å². The molecule has 2 heterocycles. The molecular formula is C80H62N4. The first-order valence-electron chi connectivity index (χ1n) is 29.5. The lowest BCUT2D eigenvalue weighted by molar-refractivity contribution is 0.866. The maximum atomic E-state index is 2.46. The molecule has 0 fully saturated rings. The minimum atomic E-state index is 0.404. The number of nitrogens with zero attached hydrogens (tertiary/aromatic N) is 4. The van der Waals surface area contributed by atoms with Gasteiger partial charge < -0.3 is 18.9 Å². The average molecular weight is 1080 g/mol. The van der Waals surface area contributed by atoms with E-state index in [0.717, 1.165) is 45.5 Å². The van der Waals surface area contributed by atoms with E-state index < -0.39 is 0 Å². The van der Waals surface area contributed by atoms with E-state index in [9.17, 15) is 0 Å². The Balaban J connectivity index is 0.974. The van der Waals surface area contributed by atoms with Crippen molar-refractivity contribution in [1.82, 2.24) is 9.13 Å². The monoisotopic (exact) mass is 1080 g/mol. The van der Waals surface area contributed by atoms with Crippen molar-refractivity contribution < 1.29 is 0 Å². The van der Waals surface area contributed by atoms with Crippen LogP contribution >= 0.6 is 0 Å². The van der Waals surface area contributed by atoms with Gasteiger partial charge >= 0.3 is 0 Å². The Labute approximate surface area is 491 Å². The molecule has 15 aromatic rings. The van der Waals surface area contributed by atoms with Crippen molar-refractivity contribution in [1.29, 1.82) is 0 Å². The molecule has 0 N–H and O–H groups in total. The van der Waals surface area contributed by atoms with Gasteiger partial charge in [-0.25, -0.2) is 0 Å². The molecule has 4 heteroatoms. The van der Waals surface area contributed by atoms with Crippen molar-refractivity contribution in [3.8, 4) is 33.6 Å². The average Bonchev–Trinajstić information content (AvgIpc) is 1.93. The summed E-state index contributed by atoms with van der Waals surface area (Å²) in [7, 11) is 0. The molecule has 0 spiro atoms. The summed E-state index contributed by atoms with van der Waals surface area (Å²) in [5.74, 6) is 0.808. The zero-order chi connectivity index (χ0) is 56.4. The van der Waals surface area contributed by atoms with Gasteiger partial charge in [-0.1, -0.05) is 198 Å². The van der Waals surface area contributed by atoms with Crippen LogP contribution in [0.2, 0.25) is 0 Å². The van der Waals surface area contributed by atoms with E-state index in [2.05, 4.69) is 338 Å². The Morgan fingerprint density at radius 2 is 0.536 bits per heavy atom. The second-order valence-electron chi connectivity index (χ2n) is 22.9. The van der Waals surface area contributed by atoms with E-state index in [1.807, 2.05) is 0 Å². The summed E-state index contributed by atoms with van der Waals surface area (Å²) in [6.07, 6.45) is 0. The summed E-state index contributed by atoms with van der Waals surface area (Å²) < 4.78 is 4.79. The van der Waals surface area contributed by atoms with Crippen LogP contribution < -0.4 is 9.80 Å². The largest absolute Gasteiger partial charge is 0.310 e. The standard InChI is InChI=1S/C80H62N4/c1-53(2)55-33-37-61(38-34-55)81(65-43-47-77-71(49-65)67-29-17-19-31-75(67)83(77)59-25-13-7-14-26-59)63-41-45-69-73(51-63)79(57-21-9-5-10-22-57)70-46-42-64(52-74(70)80(69)58-23-11-6-12-24-58)82(62-39-35-56(36-40-62)54(3)4)66-44-48-78-72(50-66)68-30-18-20-32-76(68)84(78)60-27-15-8-16-28-60/h5-54H,1-4H3. The van der Waals surface area contributed by atoms with E-state index in [1.165, 1.54) is 98.5 Å². The third-order valence-corrected chi connectivity index (χ3v) is 17.2. The summed E-state index contributed by atoms with van der Waals surface area (Å²) >= 11 is 0. The van der Waals surface area contributed by atoms with Crippen molar-refractivity contribution in [2.75, 3.05) is 9.80 Å². The molecule has 15 rings (SSSR count). The molecule has 84 heavy (non-hydrogen) atoms. The maximum Gasteiger partial charge on any atom is 0.0542 e. The molecule has 0 aliphatic heterocycles. The van der Waals surface area contributed by atoms with Crippen LogP contribution in [0.5, 0.6) is 0 Å². The van der Waals surface area contributed by atoms with Crippen LogP contribution in [0.3, 0.4) is 0 Å². The highest BCUT2D eigenvalue weighted by atomic mass is 15.1. The lowest BCUT2D eigenvalue weighted by atomic mass is 9.85. The molecule has 13 aromatic carbocycles. The highest BCUT2D eigenvalue weighted by molar-refractivity contribution is 6.23. The van der Waals surface area contributed by atoms with Crippen LogP contribution in [0.1, 0.15) is 50.7 Å². The lowest BCUT2D eigenvalue weighted by Crippen LogP contribution is -2.11. The molecule has 0 saturated heterocycles. The number of para-hydroxylation sites is 4. The molecular weight excluding hydrogens is 1020 g/mol. The summed E-state index contributed by atoms with van der Waals surface area (Å²) in [6.45, 7) is 9.07. The number of aromatic nitrogens is 2. The molecule has 402 valence electrons. The van der Waals surface area contributed by atoms with Crippen LogP contribution in [0.15, 0.2) is 291 Å². The predicted octanol–water partition coefficient (Wildman–Crippen LogP) is 22.7. The second-order valence-corrected chi connectivity index (χ2v) is 22.9. The molecule has 0 bridgehead atoms. The van der Waals surface area contributed by atoms with Gasteiger partial charge in [-0.15, -0.1) is 0 Å². The van der Waals surface area contributed by atoms with Gasteiger partial charge in [0.05, 0.1) is 22.1 Å². The first kappa shape index (κ1) is 50.5. The first-order valence-corrected chi connectivity index (χ1v) is 29.5. The van der Waals surface area contributed by atoms with E-state index in [4.69, 9.17) is 0 Å². The molecule has 0 aliphatic rings. The molecule has 0 saturated carbocycles. The number of fused-ring (bicyclic) bond motifs is 8. The van der Waals surface area contributed by atoms with Crippen LogP contribution in [-0.4, -0.2) is 9.13 Å². The van der Waals surface area contributed by atoms with Gasteiger partial charge in [-0.3, -0.25) is 0 Å². The van der Waals surface area contributed by atoms with E-state index in [0.29, 0.717) is 11.8 Å². The third kappa shape index (κ3) is 8.60. The molecule has 0 amide bonds. The van der Waals surface area contributed by atoms with Gasteiger partial charge in [0.2, 0.25) is 0 Å². The number of hydrogen-bond donors (Lipinski definition) is 0. The Kier molecular flexibility index (Phi) is 12.5. The highest BCUT2D eigenvalue weighted by Gasteiger charge is 2.25. The first-order chi connectivity index (χ1) is 41.3. The van der Waals surface area contributed by atoms with Crippen LogP contribution in [-0.2, 0) is 0 Å². The van der Waals surface area contributed by atoms with Gasteiger partial charge in [0.1, 0.15) is 0 Å². The fraction of sp³-hybridized carbons (Fsp3) is 0.0750. The van der Waals surface area contributed by atoms with Crippen LogP contribution in [0.4, 0.5) is 34.1 Å². The maximum absolute atomic E-state index is 2.46. The summed E-state index contributed by atoms with van der Waals surface area (Å²) in [4.78, 5) is 4.91. The van der Waals surface area contributed by atoms with Crippen molar-refractivity contribution in [2.24, 2.45) is 0 Å². The molecule has 0 aliphatic carbocycles. The fourth-order valence-electron chi connectivity index (χ4n) is 13.1. The summed E-state index contributed by atoms with van der Waals surface area (Å²) in [5, 5.41) is 9.60. The quantitative estimate of drug-likeness (QED) is 0.113. The zero-order valence-corrected chi connectivity index (χ0v) is 47.7. The van der Waals surface area contributed by atoms with E-state index in [-0.39, 0.29) is 0 Å². The number of rotatable bonds is 12. The summed E-state index contributed by atoms with van der Waals surface area (Å²) in [6, 6.07) is 108. The second kappa shape index (κ2) is 20.8. The Hall–Kier alpha value is -10.4. The smallest absolute Gasteiger partial charge is 0.0542 e. The molecule has 2 aromatic heterocycles. The zero-order valence-electron chi connectivity index (χ0n) is 47.7. The Bertz CT molecular complexity index is 4610. The number of anilines is 6. The SMILES string of the molecule is CC(C)c1ccc(N(c2ccc3c(-c4ccccc4)c4cc(N(c5ccc(C(C)C)cc5)c5ccc6c(c5)c5ccccc5n6-c5ccccc5)ccc4c(-c4ccccc4)c3c2)c2ccc3c(c2)c2ccccc2n3-c2ccccc2)cc1. The highest BCUT2D eigenvalue weighted by Crippen LogP contribution is 2.50. The Morgan fingerprint density at radius 3 is 0.905 bits per heavy atom. The normalized spacial score (nSPS) is 11.8. The molecule has 0 unspecified atom stereocenters. The van der Waals surface area contributed by atoms with E-state index >= 15 is 0 Å². The van der Waals surface area contributed by atoms with Gasteiger partial charge in [-0.05, 0) is 188 Å². The van der Waals surface area contributed by atoms with Crippen molar-refractivity contribution in [3.63, 3.8) is 0 Å². The minimum absolute atomic E-state index is 0.404. The van der Waals surface area contributed by atoms with Gasteiger partial charge in [-0.2, -0.15) is 0 Å². The minimum Gasteiger partial charge on any atom is -0.310 e. The van der Waals surface area contributed by atoms with Crippen LogP contribution in [0, 0.1) is 0 Å². The molecule has 4 nitrogen and oxygen atoms in total. The summed E-state index contributed by atoms with van der Waals surface area (Å²) in [5.41, 5.74) is 20.9.